The van der Waals surface area contributed by atoms with Crippen molar-refractivity contribution in [3.05, 3.63) is 79.1 Å². The molecule has 0 saturated heterocycles. The molecule has 4 rings (SSSR count). The summed E-state index contributed by atoms with van der Waals surface area (Å²) in [6.45, 7) is 0. The van der Waals surface area contributed by atoms with E-state index in [1.807, 2.05) is 24.3 Å². The number of benzene rings is 1. The molecule has 122 valence electrons. The summed E-state index contributed by atoms with van der Waals surface area (Å²) in [5.41, 5.74) is 5.28. The Morgan fingerprint density at radius 1 is 0.654 bits per heavy atom. The third-order valence-electron chi connectivity index (χ3n) is 3.82. The number of pyridine rings is 1. The normalized spacial score (nSPS) is 10.3. The molecule has 0 aliphatic carbocycles. The SMILES string of the molecule is N#Cc1ccc(-c2cc(-c3cnccn3)nc(-c3cnccn3)c2)cc1. The van der Waals surface area contributed by atoms with Crippen LogP contribution in [0.3, 0.4) is 0 Å². The highest BCUT2D eigenvalue weighted by Crippen LogP contribution is 2.28. The van der Waals surface area contributed by atoms with Crippen molar-refractivity contribution in [3.63, 3.8) is 0 Å². The molecule has 1 aromatic carbocycles. The van der Waals surface area contributed by atoms with Crippen molar-refractivity contribution < 1.29 is 0 Å². The summed E-state index contributed by atoms with van der Waals surface area (Å²) in [5, 5.41) is 8.99. The molecule has 6 heteroatoms. The molecule has 0 amide bonds. The number of nitriles is 1. The van der Waals surface area contributed by atoms with E-state index in [4.69, 9.17) is 5.26 Å². The first kappa shape index (κ1) is 15.5. The molecule has 0 radical (unpaired) electrons. The van der Waals surface area contributed by atoms with Crippen molar-refractivity contribution in [2.75, 3.05) is 0 Å². The van der Waals surface area contributed by atoms with Gasteiger partial charge in [-0.1, -0.05) is 12.1 Å². The minimum absolute atomic E-state index is 0.617. The Kier molecular flexibility index (Phi) is 4.11. The number of nitrogens with zero attached hydrogens (tertiary/aromatic N) is 6. The van der Waals surface area contributed by atoms with Gasteiger partial charge in [0.15, 0.2) is 0 Å². The van der Waals surface area contributed by atoms with E-state index >= 15 is 0 Å². The van der Waals surface area contributed by atoms with Gasteiger partial charge in [0.05, 0.1) is 35.4 Å². The Hall–Kier alpha value is -3.98. The number of hydrogen-bond donors (Lipinski definition) is 0. The van der Waals surface area contributed by atoms with E-state index in [0.29, 0.717) is 28.3 Å². The Balaban J connectivity index is 1.89. The predicted molar refractivity (Wildman–Crippen MR) is 96.4 cm³/mol. The molecule has 6 nitrogen and oxygen atoms in total. The fourth-order valence-electron chi connectivity index (χ4n) is 2.56. The molecular formula is C20H12N6. The van der Waals surface area contributed by atoms with Crippen LogP contribution < -0.4 is 0 Å². The Morgan fingerprint density at radius 3 is 1.69 bits per heavy atom. The summed E-state index contributed by atoms with van der Waals surface area (Å²) in [5.74, 6) is 0. The van der Waals surface area contributed by atoms with Crippen LogP contribution in [0, 0.1) is 11.3 Å². The standard InChI is InChI=1S/C20H12N6/c21-11-14-1-3-15(4-2-14)16-9-17(19-12-22-5-7-24-19)26-18(10-16)20-13-23-6-8-25-20/h1-10,12-13H. The van der Waals surface area contributed by atoms with Crippen LogP contribution in [0.5, 0.6) is 0 Å². The highest BCUT2D eigenvalue weighted by Gasteiger charge is 2.10. The minimum atomic E-state index is 0.617. The van der Waals surface area contributed by atoms with Crippen molar-refractivity contribution >= 4 is 0 Å². The van der Waals surface area contributed by atoms with Gasteiger partial charge in [0, 0.05) is 24.8 Å². The third-order valence-corrected chi connectivity index (χ3v) is 3.82. The van der Waals surface area contributed by atoms with Gasteiger partial charge < -0.3 is 0 Å². The van der Waals surface area contributed by atoms with E-state index < -0.39 is 0 Å². The lowest BCUT2D eigenvalue weighted by Gasteiger charge is -2.09. The topological polar surface area (TPSA) is 88.2 Å². The summed E-state index contributed by atoms with van der Waals surface area (Å²) >= 11 is 0. The predicted octanol–water partition coefficient (Wildman–Crippen LogP) is 3.53. The van der Waals surface area contributed by atoms with Gasteiger partial charge in [-0.15, -0.1) is 0 Å². The molecule has 0 fully saturated rings. The first-order chi connectivity index (χ1) is 12.8. The van der Waals surface area contributed by atoms with Crippen molar-refractivity contribution in [1.82, 2.24) is 24.9 Å². The zero-order valence-corrected chi connectivity index (χ0v) is 13.6. The summed E-state index contributed by atoms with van der Waals surface area (Å²) in [4.78, 5) is 21.6. The second-order valence-corrected chi connectivity index (χ2v) is 5.50. The Bertz CT molecular complexity index is 1010. The van der Waals surface area contributed by atoms with E-state index in [-0.39, 0.29) is 0 Å². The van der Waals surface area contributed by atoms with Crippen molar-refractivity contribution in [2.24, 2.45) is 0 Å². The van der Waals surface area contributed by atoms with Gasteiger partial charge in [0.1, 0.15) is 11.4 Å². The summed E-state index contributed by atoms with van der Waals surface area (Å²) in [6.07, 6.45) is 9.85. The lowest BCUT2D eigenvalue weighted by atomic mass is 10.0. The molecule has 0 saturated carbocycles. The first-order valence-electron chi connectivity index (χ1n) is 7.89. The molecule has 0 N–H and O–H groups in total. The molecule has 0 aliphatic heterocycles. The number of hydrogen-bond acceptors (Lipinski definition) is 6. The smallest absolute Gasteiger partial charge is 0.107 e. The largest absolute Gasteiger partial charge is 0.261 e. The summed E-state index contributed by atoms with van der Waals surface area (Å²) in [6, 6.07) is 13.4. The molecule has 4 aromatic rings. The maximum atomic E-state index is 8.99. The maximum absolute atomic E-state index is 8.99. The van der Waals surface area contributed by atoms with Crippen molar-refractivity contribution in [2.45, 2.75) is 0 Å². The van der Waals surface area contributed by atoms with Gasteiger partial charge in [-0.2, -0.15) is 5.26 Å². The lowest BCUT2D eigenvalue weighted by Crippen LogP contribution is -1.95. The fraction of sp³-hybridized carbons (Fsp3) is 0. The Labute approximate surface area is 149 Å². The van der Waals surface area contributed by atoms with E-state index in [0.717, 1.165) is 11.1 Å². The molecule has 0 bridgehead atoms. The highest BCUT2D eigenvalue weighted by molar-refractivity contribution is 5.74. The molecule has 0 aliphatic rings. The molecular weight excluding hydrogens is 324 g/mol. The second-order valence-electron chi connectivity index (χ2n) is 5.50. The average molecular weight is 336 g/mol. The molecule has 26 heavy (non-hydrogen) atoms. The Morgan fingerprint density at radius 2 is 1.23 bits per heavy atom. The first-order valence-corrected chi connectivity index (χ1v) is 7.89. The van der Waals surface area contributed by atoms with Crippen LogP contribution in [-0.4, -0.2) is 24.9 Å². The summed E-state index contributed by atoms with van der Waals surface area (Å²) < 4.78 is 0. The van der Waals surface area contributed by atoms with Gasteiger partial charge >= 0.3 is 0 Å². The summed E-state index contributed by atoms with van der Waals surface area (Å²) in [7, 11) is 0. The van der Waals surface area contributed by atoms with Crippen molar-refractivity contribution in [1.29, 1.82) is 5.26 Å². The van der Waals surface area contributed by atoms with Crippen LogP contribution in [-0.2, 0) is 0 Å². The van der Waals surface area contributed by atoms with E-state index in [2.05, 4.69) is 31.0 Å². The van der Waals surface area contributed by atoms with Crippen LogP contribution in [0.2, 0.25) is 0 Å². The molecule has 3 heterocycles. The van der Waals surface area contributed by atoms with Gasteiger partial charge in [0.2, 0.25) is 0 Å². The van der Waals surface area contributed by atoms with Gasteiger partial charge in [-0.25, -0.2) is 4.98 Å². The van der Waals surface area contributed by atoms with Gasteiger partial charge in [-0.05, 0) is 35.4 Å². The van der Waals surface area contributed by atoms with Gasteiger partial charge in [0.25, 0.3) is 0 Å². The highest BCUT2D eigenvalue weighted by atomic mass is 14.8. The zero-order valence-electron chi connectivity index (χ0n) is 13.6. The second kappa shape index (κ2) is 6.87. The molecule has 0 atom stereocenters. The van der Waals surface area contributed by atoms with E-state index in [1.54, 1.807) is 49.3 Å². The minimum Gasteiger partial charge on any atom is -0.261 e. The number of aromatic nitrogens is 5. The average Bonchev–Trinajstić information content (AvgIpc) is 2.75. The van der Waals surface area contributed by atoms with Crippen LogP contribution in [0.1, 0.15) is 5.56 Å². The van der Waals surface area contributed by atoms with E-state index in [1.165, 1.54) is 0 Å². The quantitative estimate of drug-likeness (QED) is 0.568. The van der Waals surface area contributed by atoms with Crippen LogP contribution >= 0.6 is 0 Å². The zero-order chi connectivity index (χ0) is 17.8. The molecule has 0 spiro atoms. The van der Waals surface area contributed by atoms with Crippen LogP contribution in [0.4, 0.5) is 0 Å². The lowest BCUT2D eigenvalue weighted by molar-refractivity contribution is 1.15. The monoisotopic (exact) mass is 336 g/mol. The van der Waals surface area contributed by atoms with Crippen molar-refractivity contribution in [3.8, 4) is 40.0 Å². The van der Waals surface area contributed by atoms with Gasteiger partial charge in [-0.3, -0.25) is 19.9 Å². The number of rotatable bonds is 3. The third kappa shape index (κ3) is 3.14. The van der Waals surface area contributed by atoms with Crippen LogP contribution in [0.15, 0.2) is 73.6 Å². The maximum Gasteiger partial charge on any atom is 0.107 e. The fourth-order valence-corrected chi connectivity index (χ4v) is 2.56. The molecule has 3 aromatic heterocycles. The molecule has 0 unspecified atom stereocenters. The van der Waals surface area contributed by atoms with E-state index in [9.17, 15) is 0 Å². The van der Waals surface area contributed by atoms with Crippen LogP contribution in [0.25, 0.3) is 33.9 Å².